The van der Waals surface area contributed by atoms with Crippen molar-refractivity contribution in [1.82, 2.24) is 0 Å². The van der Waals surface area contributed by atoms with E-state index >= 15 is 0 Å². The van der Waals surface area contributed by atoms with Gasteiger partial charge in [0.2, 0.25) is 6.29 Å². The molecule has 0 fully saturated rings. The molecule has 0 saturated heterocycles. The van der Waals surface area contributed by atoms with Crippen molar-refractivity contribution in [3.63, 3.8) is 0 Å². The van der Waals surface area contributed by atoms with Crippen LogP contribution in [0.5, 0.6) is 0 Å². The van der Waals surface area contributed by atoms with Gasteiger partial charge in [0.25, 0.3) is 10.1 Å². The van der Waals surface area contributed by atoms with E-state index in [0.29, 0.717) is 0 Å². The van der Waals surface area contributed by atoms with E-state index in [1.165, 1.54) is 13.8 Å². The van der Waals surface area contributed by atoms with Gasteiger partial charge < -0.3 is 4.74 Å². The van der Waals surface area contributed by atoms with Gasteiger partial charge in [-0.05, 0) is 6.92 Å². The Morgan fingerprint density at radius 1 is 1.45 bits per heavy atom. The summed E-state index contributed by atoms with van der Waals surface area (Å²) in [6, 6.07) is 0. The lowest BCUT2D eigenvalue weighted by Crippen LogP contribution is -2.19. The van der Waals surface area contributed by atoms with Gasteiger partial charge in [0.05, 0.1) is 6.26 Å². The zero-order chi connectivity index (χ0) is 9.07. The van der Waals surface area contributed by atoms with Crippen molar-refractivity contribution in [3.8, 4) is 0 Å². The summed E-state index contributed by atoms with van der Waals surface area (Å²) in [5, 5.41) is 0. The van der Waals surface area contributed by atoms with Crippen LogP contribution in [0.25, 0.3) is 0 Å². The van der Waals surface area contributed by atoms with Crippen molar-refractivity contribution in [1.29, 1.82) is 0 Å². The molecule has 0 aromatic rings. The number of carbonyl (C=O) groups excluding carboxylic acids is 1. The molecular weight excluding hydrogens is 172 g/mol. The summed E-state index contributed by atoms with van der Waals surface area (Å²) in [7, 11) is -3.55. The number of esters is 1. The lowest BCUT2D eigenvalue weighted by molar-refractivity contribution is -0.157. The highest BCUT2D eigenvalue weighted by atomic mass is 32.2. The van der Waals surface area contributed by atoms with Crippen LogP contribution in [0, 0.1) is 0 Å². The molecule has 0 amide bonds. The molecule has 0 radical (unpaired) electrons. The Hall–Kier alpha value is -0.620. The van der Waals surface area contributed by atoms with Crippen LogP contribution in [-0.2, 0) is 23.8 Å². The first-order chi connectivity index (χ1) is 4.81. The van der Waals surface area contributed by atoms with Crippen LogP contribution in [0.4, 0.5) is 0 Å². The first-order valence-electron chi connectivity index (χ1n) is 2.87. The van der Waals surface area contributed by atoms with Crippen LogP contribution in [0.2, 0.25) is 0 Å². The molecule has 0 aromatic carbocycles. The molecule has 0 N–H and O–H groups in total. The van der Waals surface area contributed by atoms with Crippen molar-refractivity contribution in [3.05, 3.63) is 0 Å². The predicted molar refractivity (Wildman–Crippen MR) is 37.2 cm³/mol. The second kappa shape index (κ2) is 3.68. The minimum absolute atomic E-state index is 0.582. The first-order valence-corrected chi connectivity index (χ1v) is 4.68. The molecule has 0 bridgehead atoms. The number of hydrogen-bond acceptors (Lipinski definition) is 5. The maximum absolute atomic E-state index is 10.4. The van der Waals surface area contributed by atoms with E-state index in [4.69, 9.17) is 0 Å². The Labute approximate surface area is 65.4 Å². The Morgan fingerprint density at radius 2 is 1.91 bits per heavy atom. The third kappa shape index (κ3) is 7.27. The summed E-state index contributed by atoms with van der Waals surface area (Å²) < 4.78 is 29.5. The topological polar surface area (TPSA) is 69.7 Å². The van der Waals surface area contributed by atoms with E-state index < -0.39 is 22.4 Å². The highest BCUT2D eigenvalue weighted by Gasteiger charge is 2.11. The predicted octanol–water partition coefficient (Wildman–Crippen LogP) is -0.128. The van der Waals surface area contributed by atoms with Gasteiger partial charge in [-0.3, -0.25) is 4.79 Å². The highest BCUT2D eigenvalue weighted by Crippen LogP contribution is 1.98. The van der Waals surface area contributed by atoms with Gasteiger partial charge in [0.1, 0.15) is 0 Å². The van der Waals surface area contributed by atoms with Crippen LogP contribution in [0.1, 0.15) is 13.8 Å². The first kappa shape index (κ1) is 10.4. The van der Waals surface area contributed by atoms with E-state index in [2.05, 4.69) is 8.92 Å². The molecule has 1 unspecified atom stereocenters. The summed E-state index contributed by atoms with van der Waals surface area (Å²) in [5.74, 6) is -0.582. The van der Waals surface area contributed by atoms with Gasteiger partial charge in [-0.2, -0.15) is 8.42 Å². The zero-order valence-electron chi connectivity index (χ0n) is 6.53. The van der Waals surface area contributed by atoms with Crippen LogP contribution in [0.15, 0.2) is 0 Å². The number of hydrogen-bond donors (Lipinski definition) is 0. The standard InChI is InChI=1S/C5H10O5S/c1-4(6)9-5(2)10-11(3,7)8/h5H,1-3H3. The third-order valence-corrected chi connectivity index (χ3v) is 1.26. The SMILES string of the molecule is CC(=O)OC(C)OS(C)(=O)=O. The average Bonchev–Trinajstić information content (AvgIpc) is 1.53. The number of ether oxygens (including phenoxy) is 1. The quantitative estimate of drug-likeness (QED) is 0.345. The monoisotopic (exact) mass is 182 g/mol. The molecule has 5 nitrogen and oxygen atoms in total. The Morgan fingerprint density at radius 3 is 2.18 bits per heavy atom. The number of carbonyl (C=O) groups is 1. The lowest BCUT2D eigenvalue weighted by Gasteiger charge is -2.09. The van der Waals surface area contributed by atoms with Crippen LogP contribution in [0.3, 0.4) is 0 Å². The Kier molecular flexibility index (Phi) is 3.47. The van der Waals surface area contributed by atoms with Gasteiger partial charge >= 0.3 is 5.97 Å². The smallest absolute Gasteiger partial charge is 0.304 e. The maximum Gasteiger partial charge on any atom is 0.304 e. The molecule has 0 aliphatic rings. The highest BCUT2D eigenvalue weighted by molar-refractivity contribution is 7.86. The molecule has 0 aliphatic heterocycles. The summed E-state index contributed by atoms with van der Waals surface area (Å²) in [4.78, 5) is 10.2. The van der Waals surface area contributed by atoms with Gasteiger partial charge in [-0.1, -0.05) is 0 Å². The molecule has 0 spiro atoms. The van der Waals surface area contributed by atoms with Crippen molar-refractivity contribution in [2.45, 2.75) is 20.1 Å². The fraction of sp³-hybridized carbons (Fsp3) is 0.800. The van der Waals surface area contributed by atoms with Gasteiger partial charge in [-0.25, -0.2) is 4.18 Å². The maximum atomic E-state index is 10.4. The molecule has 0 aliphatic carbocycles. The van der Waals surface area contributed by atoms with E-state index in [-0.39, 0.29) is 0 Å². The Bertz CT molecular complexity index is 229. The summed E-state index contributed by atoms with van der Waals surface area (Å²) >= 11 is 0. The molecule has 11 heavy (non-hydrogen) atoms. The van der Waals surface area contributed by atoms with Crippen molar-refractivity contribution in [2.75, 3.05) is 6.26 Å². The molecule has 0 saturated carbocycles. The van der Waals surface area contributed by atoms with Gasteiger partial charge in [-0.15, -0.1) is 0 Å². The molecule has 0 rings (SSSR count). The average molecular weight is 182 g/mol. The lowest BCUT2D eigenvalue weighted by atomic mass is 10.7. The fourth-order valence-electron chi connectivity index (χ4n) is 0.500. The van der Waals surface area contributed by atoms with Crippen molar-refractivity contribution < 1.29 is 22.1 Å². The van der Waals surface area contributed by atoms with E-state index in [0.717, 1.165) is 6.26 Å². The van der Waals surface area contributed by atoms with Crippen molar-refractivity contribution >= 4 is 16.1 Å². The second-order valence-corrected chi connectivity index (χ2v) is 3.58. The molecular formula is C5H10O5S. The minimum Gasteiger partial charge on any atom is -0.435 e. The minimum atomic E-state index is -3.55. The van der Waals surface area contributed by atoms with Crippen LogP contribution >= 0.6 is 0 Å². The molecule has 0 heterocycles. The van der Waals surface area contributed by atoms with Crippen molar-refractivity contribution in [2.24, 2.45) is 0 Å². The van der Waals surface area contributed by atoms with Gasteiger partial charge in [0, 0.05) is 6.92 Å². The molecule has 1 atom stereocenters. The molecule has 6 heteroatoms. The fourth-order valence-corrected chi connectivity index (χ4v) is 1.03. The third-order valence-electron chi connectivity index (χ3n) is 0.642. The van der Waals surface area contributed by atoms with E-state index in [1.807, 2.05) is 0 Å². The Balaban J connectivity index is 3.89. The number of rotatable bonds is 3. The van der Waals surface area contributed by atoms with Crippen LogP contribution in [-0.4, -0.2) is 26.9 Å². The normalized spacial score (nSPS) is 14.1. The summed E-state index contributed by atoms with van der Waals surface area (Å²) in [5.41, 5.74) is 0. The molecule has 66 valence electrons. The van der Waals surface area contributed by atoms with E-state index in [9.17, 15) is 13.2 Å². The van der Waals surface area contributed by atoms with E-state index in [1.54, 1.807) is 0 Å². The summed E-state index contributed by atoms with van der Waals surface area (Å²) in [6.07, 6.45) is -0.171. The van der Waals surface area contributed by atoms with Gasteiger partial charge in [0.15, 0.2) is 0 Å². The zero-order valence-corrected chi connectivity index (χ0v) is 7.34. The molecule has 0 aromatic heterocycles. The largest absolute Gasteiger partial charge is 0.435 e. The summed E-state index contributed by atoms with van der Waals surface area (Å²) in [6.45, 7) is 2.49. The second-order valence-electron chi connectivity index (χ2n) is 1.98. The van der Waals surface area contributed by atoms with Crippen LogP contribution < -0.4 is 0 Å².